The molecule has 3 heteroatoms. The molecule has 0 saturated carbocycles. The first-order valence-corrected chi connectivity index (χ1v) is 4.91. The molecule has 0 aliphatic heterocycles. The van der Waals surface area contributed by atoms with Gasteiger partial charge in [0.05, 0.1) is 16.9 Å². The minimum Gasteiger partial charge on any atom is -0.387 e. The Balaban J connectivity index is 2.71. The zero-order chi connectivity index (χ0) is 10.1. The number of pyridine rings is 1. The van der Waals surface area contributed by atoms with E-state index in [-0.39, 0.29) is 0 Å². The summed E-state index contributed by atoms with van der Waals surface area (Å²) in [6.07, 6.45) is 3.05. The maximum absolute atomic E-state index is 4.52. The first-order valence-electron chi connectivity index (χ1n) is 4.91. The molecule has 0 atom stereocenters. The summed E-state index contributed by atoms with van der Waals surface area (Å²) < 4.78 is 2.15. The van der Waals surface area contributed by atoms with Gasteiger partial charge in [0.15, 0.2) is 0 Å². The molecule has 14 heavy (non-hydrogen) atoms. The van der Waals surface area contributed by atoms with E-state index in [1.165, 1.54) is 5.52 Å². The summed E-state index contributed by atoms with van der Waals surface area (Å²) in [7, 11) is 1.93. The topological polar surface area (TPSA) is 29.3 Å². The van der Waals surface area contributed by atoms with Crippen LogP contribution in [0.1, 0.15) is 18.4 Å². The van der Waals surface area contributed by atoms with Gasteiger partial charge in [-0.15, -0.1) is 0 Å². The lowest BCUT2D eigenvalue weighted by molar-refractivity contribution is 0.929. The van der Waals surface area contributed by atoms with Crippen molar-refractivity contribution in [2.24, 2.45) is 0 Å². The fourth-order valence-corrected chi connectivity index (χ4v) is 1.71. The van der Waals surface area contributed by atoms with Crippen molar-refractivity contribution in [2.75, 3.05) is 12.4 Å². The Kier molecular flexibility index (Phi) is 2.15. The van der Waals surface area contributed by atoms with Crippen LogP contribution in [0.25, 0.3) is 5.52 Å². The summed E-state index contributed by atoms with van der Waals surface area (Å²) in [4.78, 5) is 4.52. The van der Waals surface area contributed by atoms with Crippen molar-refractivity contribution in [3.63, 3.8) is 0 Å². The number of anilines is 1. The highest BCUT2D eigenvalue weighted by atomic mass is 15.0. The zero-order valence-corrected chi connectivity index (χ0v) is 8.83. The molecule has 0 bridgehead atoms. The standard InChI is InChI=1S/C11H15N3/c1-4-11-13-8(2)10-6-5-9(12-3)7-14(10)11/h5-7,12H,4H2,1-3H3. The Morgan fingerprint density at radius 2 is 2.21 bits per heavy atom. The van der Waals surface area contributed by atoms with Crippen LogP contribution in [0.3, 0.4) is 0 Å². The maximum Gasteiger partial charge on any atom is 0.113 e. The van der Waals surface area contributed by atoms with E-state index >= 15 is 0 Å². The summed E-state index contributed by atoms with van der Waals surface area (Å²) >= 11 is 0. The molecule has 0 aromatic carbocycles. The Labute approximate surface area is 83.8 Å². The lowest BCUT2D eigenvalue weighted by atomic mass is 10.3. The second-order valence-corrected chi connectivity index (χ2v) is 3.39. The lowest BCUT2D eigenvalue weighted by Gasteiger charge is -2.02. The zero-order valence-electron chi connectivity index (χ0n) is 8.83. The molecule has 3 nitrogen and oxygen atoms in total. The lowest BCUT2D eigenvalue weighted by Crippen LogP contribution is -1.95. The summed E-state index contributed by atoms with van der Waals surface area (Å²) in [6, 6.07) is 4.18. The Hall–Kier alpha value is -1.51. The van der Waals surface area contributed by atoms with Crippen LogP contribution in [0.5, 0.6) is 0 Å². The van der Waals surface area contributed by atoms with Crippen molar-refractivity contribution in [1.82, 2.24) is 9.38 Å². The van der Waals surface area contributed by atoms with E-state index < -0.39 is 0 Å². The van der Waals surface area contributed by atoms with Crippen molar-refractivity contribution < 1.29 is 0 Å². The summed E-state index contributed by atoms with van der Waals surface area (Å²) in [5.41, 5.74) is 3.41. The van der Waals surface area contributed by atoms with Gasteiger partial charge in [-0.1, -0.05) is 6.92 Å². The third kappa shape index (κ3) is 1.25. The van der Waals surface area contributed by atoms with Crippen molar-refractivity contribution in [2.45, 2.75) is 20.3 Å². The summed E-state index contributed by atoms with van der Waals surface area (Å²) in [6.45, 7) is 4.17. The number of aryl methyl sites for hydroxylation is 2. The van der Waals surface area contributed by atoms with E-state index in [9.17, 15) is 0 Å². The first-order chi connectivity index (χ1) is 6.76. The highest BCUT2D eigenvalue weighted by Crippen LogP contribution is 2.16. The monoisotopic (exact) mass is 189 g/mol. The number of aromatic nitrogens is 2. The summed E-state index contributed by atoms with van der Waals surface area (Å²) in [5, 5.41) is 3.13. The molecule has 2 aromatic heterocycles. The van der Waals surface area contributed by atoms with Gasteiger partial charge in [0.25, 0.3) is 0 Å². The van der Waals surface area contributed by atoms with Crippen LogP contribution in [0.15, 0.2) is 18.3 Å². The predicted octanol–water partition coefficient (Wildman–Crippen LogP) is 2.25. The number of nitrogens with zero attached hydrogens (tertiary/aromatic N) is 2. The normalized spacial score (nSPS) is 10.8. The number of rotatable bonds is 2. The van der Waals surface area contributed by atoms with Gasteiger partial charge >= 0.3 is 0 Å². The van der Waals surface area contributed by atoms with Crippen molar-refractivity contribution >= 4 is 11.2 Å². The average molecular weight is 189 g/mol. The number of fused-ring (bicyclic) bond motifs is 1. The van der Waals surface area contributed by atoms with E-state index in [0.29, 0.717) is 0 Å². The fraction of sp³-hybridized carbons (Fsp3) is 0.364. The van der Waals surface area contributed by atoms with E-state index in [0.717, 1.165) is 23.6 Å². The molecule has 74 valence electrons. The van der Waals surface area contributed by atoms with Crippen LogP contribution < -0.4 is 5.32 Å². The van der Waals surface area contributed by atoms with Crippen LogP contribution in [-0.2, 0) is 6.42 Å². The van der Waals surface area contributed by atoms with E-state index in [4.69, 9.17) is 0 Å². The third-order valence-electron chi connectivity index (χ3n) is 2.50. The average Bonchev–Trinajstić information content (AvgIpc) is 2.55. The van der Waals surface area contributed by atoms with Crippen molar-refractivity contribution in [1.29, 1.82) is 0 Å². The molecule has 1 N–H and O–H groups in total. The number of nitrogens with one attached hydrogen (secondary N) is 1. The molecule has 0 spiro atoms. The minimum atomic E-state index is 0.960. The molecule has 2 heterocycles. The molecule has 0 aliphatic carbocycles. The number of imidazole rings is 1. The van der Waals surface area contributed by atoms with Crippen molar-refractivity contribution in [3.8, 4) is 0 Å². The molecule has 0 saturated heterocycles. The molecular formula is C11H15N3. The third-order valence-corrected chi connectivity index (χ3v) is 2.50. The number of hydrogen-bond acceptors (Lipinski definition) is 2. The molecule has 0 radical (unpaired) electrons. The molecule has 0 unspecified atom stereocenters. The van der Waals surface area contributed by atoms with Crippen LogP contribution in [0.4, 0.5) is 5.69 Å². The van der Waals surface area contributed by atoms with Gasteiger partial charge in [0.2, 0.25) is 0 Å². The molecule has 2 rings (SSSR count). The van der Waals surface area contributed by atoms with Crippen LogP contribution in [0, 0.1) is 6.92 Å². The highest BCUT2D eigenvalue weighted by molar-refractivity contribution is 5.58. The molecule has 2 aromatic rings. The van der Waals surface area contributed by atoms with Crippen molar-refractivity contribution in [3.05, 3.63) is 29.8 Å². The Morgan fingerprint density at radius 1 is 1.43 bits per heavy atom. The van der Waals surface area contributed by atoms with Crippen LogP contribution >= 0.6 is 0 Å². The van der Waals surface area contributed by atoms with Gasteiger partial charge in [0, 0.05) is 19.7 Å². The van der Waals surface area contributed by atoms with E-state index in [1.54, 1.807) is 0 Å². The minimum absolute atomic E-state index is 0.960. The van der Waals surface area contributed by atoms with Gasteiger partial charge < -0.3 is 9.72 Å². The Morgan fingerprint density at radius 3 is 2.86 bits per heavy atom. The first kappa shape index (κ1) is 9.06. The van der Waals surface area contributed by atoms with Gasteiger partial charge in [-0.2, -0.15) is 0 Å². The molecule has 0 fully saturated rings. The van der Waals surface area contributed by atoms with Gasteiger partial charge in [-0.3, -0.25) is 0 Å². The Bertz CT molecular complexity index is 457. The van der Waals surface area contributed by atoms with Crippen LogP contribution in [0.2, 0.25) is 0 Å². The summed E-state index contributed by atoms with van der Waals surface area (Å²) in [5.74, 6) is 1.12. The van der Waals surface area contributed by atoms with Gasteiger partial charge in [-0.05, 0) is 19.1 Å². The second kappa shape index (κ2) is 3.33. The largest absolute Gasteiger partial charge is 0.387 e. The molecule has 0 amide bonds. The van der Waals surface area contributed by atoms with Gasteiger partial charge in [0.1, 0.15) is 5.82 Å². The molecular weight excluding hydrogens is 174 g/mol. The number of hydrogen-bond donors (Lipinski definition) is 1. The quantitative estimate of drug-likeness (QED) is 0.785. The smallest absolute Gasteiger partial charge is 0.113 e. The SMILES string of the molecule is CCc1nc(C)c2ccc(NC)cn12. The van der Waals surface area contributed by atoms with E-state index in [2.05, 4.69) is 40.0 Å². The second-order valence-electron chi connectivity index (χ2n) is 3.39. The maximum atomic E-state index is 4.52. The predicted molar refractivity (Wildman–Crippen MR) is 58.9 cm³/mol. The molecule has 0 aliphatic rings. The van der Waals surface area contributed by atoms with E-state index in [1.807, 2.05) is 14.0 Å². The van der Waals surface area contributed by atoms with Crippen LogP contribution in [-0.4, -0.2) is 16.4 Å². The fourth-order valence-electron chi connectivity index (χ4n) is 1.71. The highest BCUT2D eigenvalue weighted by Gasteiger charge is 2.05. The van der Waals surface area contributed by atoms with Gasteiger partial charge in [-0.25, -0.2) is 4.98 Å².